The number of hydrogen-bond acceptors (Lipinski definition) is 2. The molecule has 0 aromatic heterocycles. The minimum Gasteiger partial charge on any atom is -0.339 e. The summed E-state index contributed by atoms with van der Waals surface area (Å²) in [5, 5.41) is 3.14. The third kappa shape index (κ3) is 4.60. The van der Waals surface area contributed by atoms with Crippen LogP contribution in [-0.4, -0.2) is 29.8 Å². The fraction of sp³-hybridized carbons (Fsp3) is 0.300. The van der Waals surface area contributed by atoms with Crippen LogP contribution in [0.2, 0.25) is 5.02 Å². The standard InChI is InChI=1S/C20H23ClN2O2/c1-4-14-7-9-15(10-8-14)19(24)22-16-11-12-17(18(21)13-16)20(25)23(5-2)6-3/h7-13H,4-6H2,1-3H3,(H,22,24). The third-order valence-corrected chi connectivity index (χ3v) is 4.45. The smallest absolute Gasteiger partial charge is 0.255 e. The van der Waals surface area contributed by atoms with Gasteiger partial charge in [0.15, 0.2) is 0 Å². The Morgan fingerprint density at radius 1 is 1.00 bits per heavy atom. The minimum atomic E-state index is -0.207. The number of halogens is 1. The lowest BCUT2D eigenvalue weighted by Crippen LogP contribution is -2.30. The molecule has 0 bridgehead atoms. The molecule has 0 heterocycles. The lowest BCUT2D eigenvalue weighted by molar-refractivity contribution is 0.0773. The lowest BCUT2D eigenvalue weighted by Gasteiger charge is -2.19. The van der Waals surface area contributed by atoms with Gasteiger partial charge in [0.1, 0.15) is 0 Å². The largest absolute Gasteiger partial charge is 0.339 e. The van der Waals surface area contributed by atoms with Crippen molar-refractivity contribution >= 4 is 29.1 Å². The minimum absolute atomic E-state index is 0.108. The summed E-state index contributed by atoms with van der Waals surface area (Å²) in [5.74, 6) is -0.315. The summed E-state index contributed by atoms with van der Waals surface area (Å²) >= 11 is 6.25. The van der Waals surface area contributed by atoms with Crippen LogP contribution in [0, 0.1) is 0 Å². The van der Waals surface area contributed by atoms with Crippen LogP contribution >= 0.6 is 11.6 Å². The lowest BCUT2D eigenvalue weighted by atomic mass is 10.1. The predicted octanol–water partition coefficient (Wildman–Crippen LogP) is 4.64. The number of amides is 2. The fourth-order valence-electron chi connectivity index (χ4n) is 2.54. The van der Waals surface area contributed by atoms with Crippen molar-refractivity contribution in [2.24, 2.45) is 0 Å². The molecule has 0 atom stereocenters. The van der Waals surface area contributed by atoms with Crippen molar-refractivity contribution < 1.29 is 9.59 Å². The average molecular weight is 359 g/mol. The Labute approximate surface area is 153 Å². The van der Waals surface area contributed by atoms with E-state index in [-0.39, 0.29) is 11.8 Å². The molecule has 0 saturated carbocycles. The molecular formula is C20H23ClN2O2. The van der Waals surface area contributed by atoms with Gasteiger partial charge in [-0.2, -0.15) is 0 Å². The van der Waals surface area contributed by atoms with Crippen LogP contribution in [-0.2, 0) is 6.42 Å². The summed E-state index contributed by atoms with van der Waals surface area (Å²) in [7, 11) is 0. The maximum atomic E-state index is 12.4. The summed E-state index contributed by atoms with van der Waals surface area (Å²) in [6.45, 7) is 7.16. The molecule has 5 heteroatoms. The molecule has 0 saturated heterocycles. The van der Waals surface area contributed by atoms with E-state index in [1.54, 1.807) is 35.2 Å². The highest BCUT2D eigenvalue weighted by atomic mass is 35.5. The monoisotopic (exact) mass is 358 g/mol. The van der Waals surface area contributed by atoms with E-state index >= 15 is 0 Å². The normalized spacial score (nSPS) is 10.4. The van der Waals surface area contributed by atoms with Gasteiger partial charge in [-0.3, -0.25) is 9.59 Å². The van der Waals surface area contributed by atoms with Crippen molar-refractivity contribution in [3.63, 3.8) is 0 Å². The maximum absolute atomic E-state index is 12.4. The molecule has 0 fully saturated rings. The summed E-state index contributed by atoms with van der Waals surface area (Å²) in [6, 6.07) is 12.4. The van der Waals surface area contributed by atoms with Crippen LogP contribution in [0.3, 0.4) is 0 Å². The van der Waals surface area contributed by atoms with E-state index in [0.29, 0.717) is 34.9 Å². The molecule has 0 aliphatic rings. The Kier molecular flexibility index (Phi) is 6.59. The first-order valence-corrected chi connectivity index (χ1v) is 8.87. The van der Waals surface area contributed by atoms with E-state index in [4.69, 9.17) is 11.6 Å². The maximum Gasteiger partial charge on any atom is 0.255 e. The topological polar surface area (TPSA) is 49.4 Å². The first-order valence-electron chi connectivity index (χ1n) is 8.49. The Bertz CT molecular complexity index is 753. The van der Waals surface area contributed by atoms with E-state index in [2.05, 4.69) is 12.2 Å². The molecule has 0 unspecified atom stereocenters. The predicted molar refractivity (Wildman–Crippen MR) is 102 cm³/mol. The second-order valence-electron chi connectivity index (χ2n) is 5.68. The average Bonchev–Trinajstić information content (AvgIpc) is 2.62. The first kappa shape index (κ1) is 19.0. The fourth-order valence-corrected chi connectivity index (χ4v) is 2.80. The van der Waals surface area contributed by atoms with Crippen molar-refractivity contribution in [2.45, 2.75) is 27.2 Å². The first-order chi connectivity index (χ1) is 12.0. The van der Waals surface area contributed by atoms with E-state index in [9.17, 15) is 9.59 Å². The van der Waals surface area contributed by atoms with Crippen LogP contribution in [0.25, 0.3) is 0 Å². The molecule has 2 amide bonds. The zero-order chi connectivity index (χ0) is 18.4. The zero-order valence-corrected chi connectivity index (χ0v) is 15.6. The van der Waals surface area contributed by atoms with Gasteiger partial charge < -0.3 is 10.2 Å². The van der Waals surface area contributed by atoms with E-state index in [0.717, 1.165) is 6.42 Å². The van der Waals surface area contributed by atoms with E-state index in [1.807, 2.05) is 26.0 Å². The Morgan fingerprint density at radius 3 is 2.16 bits per heavy atom. The highest BCUT2D eigenvalue weighted by molar-refractivity contribution is 6.34. The van der Waals surface area contributed by atoms with E-state index in [1.165, 1.54) is 5.56 Å². The van der Waals surface area contributed by atoms with Crippen LogP contribution in [0.4, 0.5) is 5.69 Å². The summed E-state index contributed by atoms with van der Waals surface area (Å²) in [6.07, 6.45) is 0.930. The molecule has 0 aliphatic carbocycles. The van der Waals surface area contributed by atoms with Gasteiger partial charge in [0.2, 0.25) is 0 Å². The van der Waals surface area contributed by atoms with Gasteiger partial charge in [0, 0.05) is 24.3 Å². The zero-order valence-electron chi connectivity index (χ0n) is 14.8. The third-order valence-electron chi connectivity index (χ3n) is 4.13. The van der Waals surface area contributed by atoms with E-state index < -0.39 is 0 Å². The molecular weight excluding hydrogens is 336 g/mol. The molecule has 0 radical (unpaired) electrons. The molecule has 25 heavy (non-hydrogen) atoms. The summed E-state index contributed by atoms with van der Waals surface area (Å²) in [4.78, 5) is 26.4. The number of carbonyl (C=O) groups excluding carboxylic acids is 2. The Balaban J connectivity index is 2.14. The van der Waals surface area contributed by atoms with Gasteiger partial charge in [0.25, 0.3) is 11.8 Å². The second-order valence-corrected chi connectivity index (χ2v) is 6.08. The Hall–Kier alpha value is -2.33. The molecule has 2 aromatic rings. The number of benzene rings is 2. The molecule has 2 rings (SSSR count). The number of aryl methyl sites for hydroxylation is 1. The van der Waals surface area contributed by atoms with Crippen LogP contribution < -0.4 is 5.32 Å². The van der Waals surface area contributed by atoms with Gasteiger partial charge in [0.05, 0.1) is 10.6 Å². The second kappa shape index (κ2) is 8.67. The quantitative estimate of drug-likeness (QED) is 0.817. The van der Waals surface area contributed by atoms with Crippen LogP contribution in [0.5, 0.6) is 0 Å². The SMILES string of the molecule is CCc1ccc(C(=O)Nc2ccc(C(=O)N(CC)CC)c(Cl)c2)cc1. The summed E-state index contributed by atoms with van der Waals surface area (Å²) < 4.78 is 0. The highest BCUT2D eigenvalue weighted by Gasteiger charge is 2.16. The molecule has 132 valence electrons. The molecule has 0 aliphatic heterocycles. The van der Waals surface area contributed by atoms with Crippen molar-refractivity contribution in [1.82, 2.24) is 4.90 Å². The van der Waals surface area contributed by atoms with Gasteiger partial charge >= 0.3 is 0 Å². The van der Waals surface area contributed by atoms with Crippen molar-refractivity contribution in [2.75, 3.05) is 18.4 Å². The number of rotatable bonds is 6. The van der Waals surface area contributed by atoms with Gasteiger partial charge in [-0.1, -0.05) is 30.7 Å². The highest BCUT2D eigenvalue weighted by Crippen LogP contribution is 2.23. The van der Waals surface area contributed by atoms with Crippen molar-refractivity contribution in [3.05, 3.63) is 64.2 Å². The molecule has 1 N–H and O–H groups in total. The van der Waals surface area contributed by atoms with Gasteiger partial charge in [-0.15, -0.1) is 0 Å². The number of nitrogens with zero attached hydrogens (tertiary/aromatic N) is 1. The van der Waals surface area contributed by atoms with Crippen LogP contribution in [0.1, 0.15) is 47.1 Å². The number of hydrogen-bond donors (Lipinski definition) is 1. The van der Waals surface area contributed by atoms with Crippen LogP contribution in [0.15, 0.2) is 42.5 Å². The number of nitrogens with one attached hydrogen (secondary N) is 1. The van der Waals surface area contributed by atoms with Gasteiger partial charge in [-0.05, 0) is 56.2 Å². The number of anilines is 1. The Morgan fingerprint density at radius 2 is 1.64 bits per heavy atom. The summed E-state index contributed by atoms with van der Waals surface area (Å²) in [5.41, 5.74) is 2.76. The molecule has 0 spiro atoms. The van der Waals surface area contributed by atoms with Crippen molar-refractivity contribution in [1.29, 1.82) is 0 Å². The molecule has 4 nitrogen and oxygen atoms in total. The number of carbonyl (C=O) groups is 2. The molecule has 2 aromatic carbocycles. The van der Waals surface area contributed by atoms with Gasteiger partial charge in [-0.25, -0.2) is 0 Å². The van der Waals surface area contributed by atoms with Crippen molar-refractivity contribution in [3.8, 4) is 0 Å².